The number of hydrogen-bond donors (Lipinski definition) is 1. The molecule has 0 unspecified atom stereocenters. The molecule has 0 heterocycles. The summed E-state index contributed by atoms with van der Waals surface area (Å²) in [6.45, 7) is 5.74. The summed E-state index contributed by atoms with van der Waals surface area (Å²) in [5, 5.41) is 14.3. The Morgan fingerprint density at radius 2 is 2.16 bits per heavy atom. The molecular weight excluding hydrogens is 240 g/mol. The molecule has 1 aromatic rings. The zero-order chi connectivity index (χ0) is 13.9. The molecule has 104 valence electrons. The van der Waals surface area contributed by atoms with Gasteiger partial charge in [0.2, 0.25) is 0 Å². The minimum absolute atomic E-state index is 0.217. The average Bonchev–Trinajstić information content (AvgIpc) is 3.11. The molecule has 0 spiro atoms. The van der Waals surface area contributed by atoms with Crippen molar-refractivity contribution in [2.45, 2.75) is 46.1 Å². The van der Waals surface area contributed by atoms with Gasteiger partial charge in [-0.25, -0.2) is 0 Å². The van der Waals surface area contributed by atoms with Crippen molar-refractivity contribution < 1.29 is 4.92 Å². The molecule has 2 rings (SSSR count). The van der Waals surface area contributed by atoms with E-state index in [1.807, 2.05) is 12.1 Å². The van der Waals surface area contributed by atoms with E-state index in [1.54, 1.807) is 13.0 Å². The molecule has 1 fully saturated rings. The Morgan fingerprint density at radius 3 is 2.74 bits per heavy atom. The van der Waals surface area contributed by atoms with E-state index in [9.17, 15) is 10.1 Å². The molecule has 0 aliphatic heterocycles. The molecule has 0 bridgehead atoms. The number of nitro benzene ring substituents is 1. The smallest absolute Gasteiger partial charge is 0.272 e. The summed E-state index contributed by atoms with van der Waals surface area (Å²) in [5.41, 5.74) is 2.45. The van der Waals surface area contributed by atoms with Crippen LogP contribution in [0.4, 0.5) is 5.69 Å². The Hall–Kier alpha value is -1.42. The van der Waals surface area contributed by atoms with Crippen molar-refractivity contribution in [2.24, 2.45) is 5.41 Å². The molecule has 1 aliphatic carbocycles. The first-order valence-electron chi connectivity index (χ1n) is 7.01. The Labute approximate surface area is 114 Å². The number of rotatable bonds is 7. The van der Waals surface area contributed by atoms with Crippen LogP contribution in [0.1, 0.15) is 43.7 Å². The summed E-state index contributed by atoms with van der Waals surface area (Å²) in [6.07, 6.45) is 5.16. The zero-order valence-electron chi connectivity index (χ0n) is 11.7. The lowest BCUT2D eigenvalue weighted by Gasteiger charge is -2.15. The minimum atomic E-state index is -0.307. The third-order valence-electron chi connectivity index (χ3n) is 4.04. The Bertz CT molecular complexity index is 467. The standard InChI is InChI=1S/C15H22N2O2/c1-3-6-15(7-8-15)11-16-10-13-5-4-12(2)14(9-13)17(18)19/h4-5,9,16H,3,6-8,10-11H2,1-2H3. The van der Waals surface area contributed by atoms with Crippen molar-refractivity contribution in [1.82, 2.24) is 5.32 Å². The number of hydrogen-bond acceptors (Lipinski definition) is 3. The highest BCUT2D eigenvalue weighted by Gasteiger charge is 2.40. The van der Waals surface area contributed by atoms with Crippen LogP contribution in [-0.2, 0) is 6.54 Å². The van der Waals surface area contributed by atoms with Gasteiger partial charge >= 0.3 is 0 Å². The molecule has 19 heavy (non-hydrogen) atoms. The van der Waals surface area contributed by atoms with E-state index >= 15 is 0 Å². The van der Waals surface area contributed by atoms with Gasteiger partial charge in [-0.2, -0.15) is 0 Å². The topological polar surface area (TPSA) is 55.2 Å². The van der Waals surface area contributed by atoms with Crippen molar-refractivity contribution in [2.75, 3.05) is 6.54 Å². The van der Waals surface area contributed by atoms with Crippen molar-refractivity contribution in [3.8, 4) is 0 Å². The van der Waals surface area contributed by atoms with Gasteiger partial charge in [-0.05, 0) is 37.2 Å². The van der Waals surface area contributed by atoms with Crippen LogP contribution in [0, 0.1) is 22.5 Å². The first-order chi connectivity index (χ1) is 9.06. The molecule has 1 saturated carbocycles. The second kappa shape index (κ2) is 5.70. The Morgan fingerprint density at radius 1 is 1.42 bits per heavy atom. The molecule has 1 aromatic carbocycles. The quantitative estimate of drug-likeness (QED) is 0.603. The highest BCUT2D eigenvalue weighted by molar-refractivity contribution is 5.42. The van der Waals surface area contributed by atoms with Crippen LogP contribution >= 0.6 is 0 Å². The van der Waals surface area contributed by atoms with E-state index in [2.05, 4.69) is 12.2 Å². The molecule has 0 radical (unpaired) electrons. The fourth-order valence-corrected chi connectivity index (χ4v) is 2.66. The predicted octanol–water partition coefficient (Wildman–Crippen LogP) is 3.57. The molecule has 1 N–H and O–H groups in total. The van der Waals surface area contributed by atoms with E-state index in [0.29, 0.717) is 12.0 Å². The first kappa shape index (κ1) is 14.0. The molecule has 0 amide bonds. The van der Waals surface area contributed by atoms with E-state index in [0.717, 1.165) is 17.7 Å². The molecule has 0 aromatic heterocycles. The number of nitro groups is 1. The van der Waals surface area contributed by atoms with Crippen LogP contribution in [0.25, 0.3) is 0 Å². The van der Waals surface area contributed by atoms with Gasteiger partial charge in [0.25, 0.3) is 5.69 Å². The maximum atomic E-state index is 10.9. The van der Waals surface area contributed by atoms with Crippen LogP contribution in [0.15, 0.2) is 18.2 Å². The number of nitrogens with one attached hydrogen (secondary N) is 1. The largest absolute Gasteiger partial charge is 0.312 e. The lowest BCUT2D eigenvalue weighted by atomic mass is 10.0. The van der Waals surface area contributed by atoms with Crippen molar-refractivity contribution in [3.05, 3.63) is 39.4 Å². The van der Waals surface area contributed by atoms with E-state index in [4.69, 9.17) is 0 Å². The molecule has 0 atom stereocenters. The monoisotopic (exact) mass is 262 g/mol. The van der Waals surface area contributed by atoms with Crippen LogP contribution in [0.3, 0.4) is 0 Å². The molecule has 4 nitrogen and oxygen atoms in total. The van der Waals surface area contributed by atoms with Gasteiger partial charge in [0.15, 0.2) is 0 Å². The lowest BCUT2D eigenvalue weighted by molar-refractivity contribution is -0.385. The van der Waals surface area contributed by atoms with Gasteiger partial charge in [-0.1, -0.05) is 25.5 Å². The number of nitrogens with zero attached hydrogens (tertiary/aromatic N) is 1. The zero-order valence-corrected chi connectivity index (χ0v) is 11.7. The second-order valence-electron chi connectivity index (χ2n) is 5.73. The molecule has 0 saturated heterocycles. The van der Waals surface area contributed by atoms with Crippen LogP contribution < -0.4 is 5.32 Å². The lowest BCUT2D eigenvalue weighted by Crippen LogP contribution is -2.23. The van der Waals surface area contributed by atoms with Gasteiger partial charge < -0.3 is 5.32 Å². The fourth-order valence-electron chi connectivity index (χ4n) is 2.66. The third kappa shape index (κ3) is 3.53. The van der Waals surface area contributed by atoms with Crippen LogP contribution in [-0.4, -0.2) is 11.5 Å². The van der Waals surface area contributed by atoms with Crippen molar-refractivity contribution >= 4 is 5.69 Å². The molecule has 1 aliphatic rings. The van der Waals surface area contributed by atoms with Gasteiger partial charge in [0.05, 0.1) is 4.92 Å². The van der Waals surface area contributed by atoms with Crippen molar-refractivity contribution in [1.29, 1.82) is 0 Å². The van der Waals surface area contributed by atoms with Gasteiger partial charge in [-0.3, -0.25) is 10.1 Å². The first-order valence-corrected chi connectivity index (χ1v) is 7.01. The van der Waals surface area contributed by atoms with Gasteiger partial charge in [-0.15, -0.1) is 0 Å². The maximum absolute atomic E-state index is 10.9. The summed E-state index contributed by atoms with van der Waals surface area (Å²) in [6, 6.07) is 5.48. The summed E-state index contributed by atoms with van der Waals surface area (Å²) >= 11 is 0. The average molecular weight is 262 g/mol. The third-order valence-corrected chi connectivity index (χ3v) is 4.04. The van der Waals surface area contributed by atoms with E-state index in [1.165, 1.54) is 25.7 Å². The highest BCUT2D eigenvalue weighted by atomic mass is 16.6. The van der Waals surface area contributed by atoms with Crippen LogP contribution in [0.5, 0.6) is 0 Å². The number of aryl methyl sites for hydroxylation is 1. The highest BCUT2D eigenvalue weighted by Crippen LogP contribution is 2.48. The second-order valence-corrected chi connectivity index (χ2v) is 5.73. The summed E-state index contributed by atoms with van der Waals surface area (Å²) in [7, 11) is 0. The molecular formula is C15H22N2O2. The van der Waals surface area contributed by atoms with Gasteiger partial charge in [0, 0.05) is 24.7 Å². The summed E-state index contributed by atoms with van der Waals surface area (Å²) in [4.78, 5) is 10.6. The van der Waals surface area contributed by atoms with Gasteiger partial charge in [0.1, 0.15) is 0 Å². The summed E-state index contributed by atoms with van der Waals surface area (Å²) in [5.74, 6) is 0. The summed E-state index contributed by atoms with van der Waals surface area (Å²) < 4.78 is 0. The minimum Gasteiger partial charge on any atom is -0.312 e. The fraction of sp³-hybridized carbons (Fsp3) is 0.600. The predicted molar refractivity (Wildman–Crippen MR) is 76.1 cm³/mol. The Kier molecular flexibility index (Phi) is 4.20. The van der Waals surface area contributed by atoms with E-state index in [-0.39, 0.29) is 10.6 Å². The normalized spacial score (nSPS) is 16.3. The van der Waals surface area contributed by atoms with E-state index < -0.39 is 0 Å². The van der Waals surface area contributed by atoms with Crippen molar-refractivity contribution in [3.63, 3.8) is 0 Å². The number of benzene rings is 1. The van der Waals surface area contributed by atoms with Crippen LogP contribution in [0.2, 0.25) is 0 Å². The SMILES string of the molecule is CCCC1(CNCc2ccc(C)c([N+](=O)[O-])c2)CC1. The molecule has 4 heteroatoms. The Balaban J connectivity index is 1.90. The maximum Gasteiger partial charge on any atom is 0.272 e.